The van der Waals surface area contributed by atoms with E-state index in [0.29, 0.717) is 29.5 Å². The van der Waals surface area contributed by atoms with E-state index in [-0.39, 0.29) is 16.9 Å². The largest absolute Gasteiger partial charge is 0.479 e. The zero-order chi connectivity index (χ0) is 23.7. The van der Waals surface area contributed by atoms with Gasteiger partial charge in [0, 0.05) is 11.8 Å². The number of Topliss-reactive ketones (excluding diaryl/α,β-unsaturated/α-hetero) is 1. The average Bonchev–Trinajstić information content (AvgIpc) is 3.08. The van der Waals surface area contributed by atoms with Gasteiger partial charge in [0.2, 0.25) is 0 Å². The first-order valence-corrected chi connectivity index (χ1v) is 12.7. The molecule has 0 aromatic carbocycles. The Labute approximate surface area is 194 Å². The number of ether oxygens (including phenoxy) is 2. The number of fused-ring (bicyclic) bond motifs is 5. The maximum atomic E-state index is 12.6. The van der Waals surface area contributed by atoms with Gasteiger partial charge in [-0.05, 0) is 80.5 Å². The second kappa shape index (κ2) is 8.26. The third-order valence-corrected chi connectivity index (χ3v) is 10.5. The monoisotopic (exact) mass is 466 g/mol. The van der Waals surface area contributed by atoms with Crippen LogP contribution < -0.4 is 0 Å². The molecule has 33 heavy (non-hydrogen) atoms. The van der Waals surface area contributed by atoms with Gasteiger partial charge in [0.05, 0.1) is 6.10 Å². The average molecular weight is 467 g/mol. The highest BCUT2D eigenvalue weighted by Gasteiger charge is 2.60. The second-order valence-corrected chi connectivity index (χ2v) is 11.8. The fraction of sp³-hybridized carbons (Fsp3) is 0.920. The van der Waals surface area contributed by atoms with Crippen molar-refractivity contribution in [2.75, 3.05) is 0 Å². The molecule has 186 valence electrons. The number of carboxylic acids is 1. The topological polar surface area (TPSA) is 134 Å². The van der Waals surface area contributed by atoms with E-state index < -0.39 is 36.7 Å². The van der Waals surface area contributed by atoms with Crippen molar-refractivity contribution in [2.45, 2.75) is 108 Å². The molecule has 0 radical (unpaired) electrons. The fourth-order valence-electron chi connectivity index (χ4n) is 8.47. The molecule has 5 rings (SSSR count). The Morgan fingerprint density at radius 2 is 1.73 bits per heavy atom. The van der Waals surface area contributed by atoms with Gasteiger partial charge in [-0.3, -0.25) is 4.79 Å². The minimum Gasteiger partial charge on any atom is -0.479 e. The Hall–Kier alpha value is -1.06. The molecule has 0 bridgehead atoms. The van der Waals surface area contributed by atoms with Crippen molar-refractivity contribution in [3.05, 3.63) is 0 Å². The normalized spacial score (nSPS) is 54.3. The number of ketones is 1. The summed E-state index contributed by atoms with van der Waals surface area (Å²) in [6.45, 7) is 4.62. The highest BCUT2D eigenvalue weighted by molar-refractivity contribution is 5.87. The predicted octanol–water partition coefficient (Wildman–Crippen LogP) is 1.88. The molecule has 12 atom stereocenters. The van der Waals surface area contributed by atoms with Crippen molar-refractivity contribution >= 4 is 11.8 Å². The summed E-state index contributed by atoms with van der Waals surface area (Å²) in [5, 5.41) is 39.6. The van der Waals surface area contributed by atoms with Gasteiger partial charge < -0.3 is 29.9 Å². The summed E-state index contributed by atoms with van der Waals surface area (Å²) >= 11 is 0. The van der Waals surface area contributed by atoms with Crippen LogP contribution in [0.15, 0.2) is 0 Å². The molecule has 0 aromatic heterocycles. The predicted molar refractivity (Wildman–Crippen MR) is 116 cm³/mol. The molecule has 4 N–H and O–H groups in total. The van der Waals surface area contributed by atoms with Crippen LogP contribution in [0.1, 0.15) is 71.6 Å². The van der Waals surface area contributed by atoms with Crippen LogP contribution in [0.3, 0.4) is 0 Å². The maximum absolute atomic E-state index is 12.6. The fourth-order valence-corrected chi connectivity index (χ4v) is 8.47. The highest BCUT2D eigenvalue weighted by atomic mass is 16.7. The first-order valence-electron chi connectivity index (χ1n) is 12.7. The van der Waals surface area contributed by atoms with Gasteiger partial charge >= 0.3 is 5.97 Å². The number of carboxylic acid groups (broad SMARTS) is 1. The van der Waals surface area contributed by atoms with Crippen LogP contribution in [0.2, 0.25) is 0 Å². The molecule has 1 heterocycles. The number of aliphatic carboxylic acids is 1. The van der Waals surface area contributed by atoms with E-state index >= 15 is 0 Å². The Bertz CT molecular complexity index is 801. The van der Waals surface area contributed by atoms with E-state index in [1.165, 1.54) is 0 Å². The SMILES string of the molecule is C[C@]12CC[C@@H](O[C@@H]3O[C@H](C(=O)O)[C@@H](O)[C@H](O)[C@H]3O)C[C@H]1CC[C@H]1[C@H]2CC[C@]2(C)C(=O)CC[C@@H]12. The lowest BCUT2D eigenvalue weighted by Crippen LogP contribution is -2.61. The van der Waals surface area contributed by atoms with Crippen molar-refractivity contribution in [2.24, 2.45) is 34.5 Å². The first kappa shape index (κ1) is 23.7. The summed E-state index contributed by atoms with van der Waals surface area (Å²) < 4.78 is 11.4. The molecule has 1 saturated heterocycles. The van der Waals surface area contributed by atoms with Gasteiger partial charge in [-0.15, -0.1) is 0 Å². The molecule has 4 aliphatic carbocycles. The van der Waals surface area contributed by atoms with Crippen molar-refractivity contribution in [3.63, 3.8) is 0 Å². The van der Waals surface area contributed by atoms with Gasteiger partial charge in [0.25, 0.3) is 0 Å². The quantitative estimate of drug-likeness (QED) is 0.463. The molecular weight excluding hydrogens is 428 g/mol. The van der Waals surface area contributed by atoms with Gasteiger partial charge in [-0.1, -0.05) is 13.8 Å². The summed E-state index contributed by atoms with van der Waals surface area (Å²) in [5.74, 6) is 1.28. The van der Waals surface area contributed by atoms with E-state index in [9.17, 15) is 30.0 Å². The van der Waals surface area contributed by atoms with Crippen LogP contribution in [-0.4, -0.2) is 69.0 Å². The Morgan fingerprint density at radius 3 is 2.45 bits per heavy atom. The Balaban J connectivity index is 1.26. The van der Waals surface area contributed by atoms with E-state index in [1.54, 1.807) is 0 Å². The third kappa shape index (κ3) is 3.59. The first-order chi connectivity index (χ1) is 15.6. The summed E-state index contributed by atoms with van der Waals surface area (Å²) in [6, 6.07) is 0. The maximum Gasteiger partial charge on any atom is 0.335 e. The summed E-state index contributed by atoms with van der Waals surface area (Å²) in [7, 11) is 0. The molecule has 0 amide bonds. The van der Waals surface area contributed by atoms with Crippen molar-refractivity contribution < 1.29 is 39.5 Å². The van der Waals surface area contributed by atoms with Crippen molar-refractivity contribution in [1.29, 1.82) is 0 Å². The molecule has 1 aliphatic heterocycles. The lowest BCUT2D eigenvalue weighted by Gasteiger charge is -2.60. The number of rotatable bonds is 3. The van der Waals surface area contributed by atoms with Crippen molar-refractivity contribution in [3.8, 4) is 0 Å². The van der Waals surface area contributed by atoms with Crippen LogP contribution in [-0.2, 0) is 19.1 Å². The number of hydrogen-bond acceptors (Lipinski definition) is 7. The molecule has 0 spiro atoms. The minimum absolute atomic E-state index is 0.120. The Kier molecular flexibility index (Phi) is 5.93. The van der Waals surface area contributed by atoms with Crippen LogP contribution in [0.4, 0.5) is 0 Å². The van der Waals surface area contributed by atoms with Gasteiger partial charge in [-0.25, -0.2) is 4.79 Å². The zero-order valence-corrected chi connectivity index (χ0v) is 19.6. The minimum atomic E-state index is -1.71. The molecule has 5 fully saturated rings. The molecule has 4 saturated carbocycles. The Morgan fingerprint density at radius 1 is 0.970 bits per heavy atom. The van der Waals surface area contributed by atoms with Crippen LogP contribution in [0.5, 0.6) is 0 Å². The third-order valence-electron chi connectivity index (χ3n) is 10.5. The number of aliphatic hydroxyl groups is 3. The highest BCUT2D eigenvalue weighted by Crippen LogP contribution is 2.65. The van der Waals surface area contributed by atoms with Crippen LogP contribution >= 0.6 is 0 Å². The lowest BCUT2D eigenvalue weighted by molar-refractivity contribution is -0.309. The van der Waals surface area contributed by atoms with Crippen LogP contribution in [0, 0.1) is 34.5 Å². The number of carbonyl (C=O) groups is 2. The van der Waals surface area contributed by atoms with E-state index in [4.69, 9.17) is 9.47 Å². The summed E-state index contributed by atoms with van der Waals surface area (Å²) in [4.78, 5) is 24.0. The zero-order valence-electron chi connectivity index (χ0n) is 19.6. The van der Waals surface area contributed by atoms with Gasteiger partial charge in [0.15, 0.2) is 12.4 Å². The molecule has 0 unspecified atom stereocenters. The number of hydrogen-bond donors (Lipinski definition) is 4. The standard InChI is InChI=1S/C25H38O8/c1-24-9-7-13(32-23-20(29)18(27)19(28)21(33-23)22(30)31)11-12(24)3-4-14-15-5-6-17(26)25(15,2)10-8-16(14)24/h12-16,18-21,23,27-29H,3-11H2,1-2H3,(H,30,31)/t12-,13-,14-,15+,16-,18+,19+,20-,21+,23-,24+,25+/m1/s1. The molecule has 8 nitrogen and oxygen atoms in total. The number of aliphatic hydroxyl groups excluding tert-OH is 3. The van der Waals surface area contributed by atoms with Gasteiger partial charge in [-0.2, -0.15) is 0 Å². The molecular formula is C25H38O8. The summed E-state index contributed by atoms with van der Waals surface area (Å²) in [6.07, 6.45) is 0.719. The van der Waals surface area contributed by atoms with E-state index in [0.717, 1.165) is 57.8 Å². The molecule has 8 heteroatoms. The van der Waals surface area contributed by atoms with E-state index in [1.807, 2.05) is 0 Å². The smallest absolute Gasteiger partial charge is 0.335 e. The summed E-state index contributed by atoms with van der Waals surface area (Å²) in [5.41, 5.74) is 0.0757. The van der Waals surface area contributed by atoms with Gasteiger partial charge in [0.1, 0.15) is 24.1 Å². The number of carbonyl (C=O) groups excluding carboxylic acids is 1. The van der Waals surface area contributed by atoms with Crippen LogP contribution in [0.25, 0.3) is 0 Å². The lowest BCUT2D eigenvalue weighted by atomic mass is 9.45. The molecule has 5 aliphatic rings. The second-order valence-electron chi connectivity index (χ2n) is 11.8. The van der Waals surface area contributed by atoms with E-state index in [2.05, 4.69) is 13.8 Å². The molecule has 0 aromatic rings. The van der Waals surface area contributed by atoms with Crippen molar-refractivity contribution in [1.82, 2.24) is 0 Å².